The summed E-state index contributed by atoms with van der Waals surface area (Å²) in [6.45, 7) is 8.98. The van der Waals surface area contributed by atoms with Crippen LogP contribution in [0.25, 0.3) is 0 Å². The van der Waals surface area contributed by atoms with E-state index in [1.165, 1.54) is 32.1 Å². The van der Waals surface area contributed by atoms with Crippen LogP contribution in [0, 0.1) is 0 Å². The summed E-state index contributed by atoms with van der Waals surface area (Å²) in [5, 5.41) is 10.1. The van der Waals surface area contributed by atoms with E-state index in [0.717, 1.165) is 19.5 Å². The van der Waals surface area contributed by atoms with Gasteiger partial charge in [-0.15, -0.1) is 0 Å². The molecule has 0 aromatic heterocycles. The first-order valence-electron chi connectivity index (χ1n) is 7.67. The smallest absolute Gasteiger partial charge is 0.0689 e. The van der Waals surface area contributed by atoms with E-state index < -0.39 is 0 Å². The quantitative estimate of drug-likeness (QED) is 0.761. The van der Waals surface area contributed by atoms with Gasteiger partial charge in [-0.3, -0.25) is 4.90 Å². The SMILES string of the molecule is CC[C@@H]1CCCCCN1C[C@H](O)CCOC(C)C. The van der Waals surface area contributed by atoms with E-state index in [2.05, 4.69) is 11.8 Å². The Morgan fingerprint density at radius 2 is 2.06 bits per heavy atom. The number of aliphatic hydroxyl groups is 1. The molecule has 0 unspecified atom stereocenters. The fourth-order valence-electron chi connectivity index (χ4n) is 2.74. The second-order valence-corrected chi connectivity index (χ2v) is 5.77. The molecule has 0 saturated carbocycles. The number of likely N-dealkylation sites (tertiary alicyclic amines) is 1. The Kier molecular flexibility index (Phi) is 7.87. The molecule has 0 spiro atoms. The second kappa shape index (κ2) is 8.89. The van der Waals surface area contributed by atoms with E-state index in [-0.39, 0.29) is 12.2 Å². The third-order valence-electron chi connectivity index (χ3n) is 3.82. The fourth-order valence-corrected chi connectivity index (χ4v) is 2.74. The second-order valence-electron chi connectivity index (χ2n) is 5.77. The third-order valence-corrected chi connectivity index (χ3v) is 3.82. The van der Waals surface area contributed by atoms with Crippen LogP contribution in [0.1, 0.15) is 59.3 Å². The van der Waals surface area contributed by atoms with Crippen LogP contribution in [-0.2, 0) is 4.74 Å². The van der Waals surface area contributed by atoms with Crippen LogP contribution in [-0.4, -0.2) is 48.0 Å². The predicted molar refractivity (Wildman–Crippen MR) is 75.8 cm³/mol. The Bertz CT molecular complexity index is 209. The molecule has 0 aromatic rings. The van der Waals surface area contributed by atoms with Gasteiger partial charge in [0.2, 0.25) is 0 Å². The summed E-state index contributed by atoms with van der Waals surface area (Å²) in [5.74, 6) is 0. The highest BCUT2D eigenvalue weighted by atomic mass is 16.5. The maximum absolute atomic E-state index is 10.1. The lowest BCUT2D eigenvalue weighted by Gasteiger charge is -2.31. The summed E-state index contributed by atoms with van der Waals surface area (Å²) in [4.78, 5) is 2.49. The standard InChI is InChI=1S/C15H31NO2/c1-4-14-8-6-5-7-10-16(14)12-15(17)9-11-18-13(2)3/h13-15,17H,4-12H2,1-3H3/t14-,15-/m1/s1. The molecule has 0 aromatic carbocycles. The average molecular weight is 257 g/mol. The van der Waals surface area contributed by atoms with Crippen molar-refractivity contribution in [1.29, 1.82) is 0 Å². The van der Waals surface area contributed by atoms with Crippen molar-refractivity contribution in [3.63, 3.8) is 0 Å². The van der Waals surface area contributed by atoms with Crippen molar-refractivity contribution in [2.45, 2.75) is 77.5 Å². The van der Waals surface area contributed by atoms with E-state index in [4.69, 9.17) is 4.74 Å². The van der Waals surface area contributed by atoms with Gasteiger partial charge in [0.1, 0.15) is 0 Å². The number of ether oxygens (including phenoxy) is 1. The van der Waals surface area contributed by atoms with Crippen LogP contribution >= 0.6 is 0 Å². The van der Waals surface area contributed by atoms with Gasteiger partial charge in [0.05, 0.1) is 12.2 Å². The molecule has 3 heteroatoms. The highest BCUT2D eigenvalue weighted by molar-refractivity contribution is 4.76. The van der Waals surface area contributed by atoms with Crippen LogP contribution in [0.5, 0.6) is 0 Å². The Morgan fingerprint density at radius 1 is 1.28 bits per heavy atom. The van der Waals surface area contributed by atoms with Crippen LogP contribution < -0.4 is 0 Å². The van der Waals surface area contributed by atoms with Gasteiger partial charge in [0.15, 0.2) is 0 Å². The number of rotatable bonds is 7. The van der Waals surface area contributed by atoms with E-state index in [1.807, 2.05) is 13.8 Å². The summed E-state index contributed by atoms with van der Waals surface area (Å²) in [7, 11) is 0. The van der Waals surface area contributed by atoms with E-state index in [9.17, 15) is 5.11 Å². The monoisotopic (exact) mass is 257 g/mol. The van der Waals surface area contributed by atoms with Crippen LogP contribution in [0.3, 0.4) is 0 Å². The number of hydrogen-bond donors (Lipinski definition) is 1. The molecule has 2 atom stereocenters. The van der Waals surface area contributed by atoms with Gasteiger partial charge in [-0.1, -0.05) is 19.8 Å². The zero-order valence-corrected chi connectivity index (χ0v) is 12.4. The van der Waals surface area contributed by atoms with Gasteiger partial charge in [-0.2, -0.15) is 0 Å². The average Bonchev–Trinajstić information content (AvgIpc) is 2.53. The molecule has 1 N–H and O–H groups in total. The molecule has 0 aliphatic carbocycles. The summed E-state index contributed by atoms with van der Waals surface area (Å²) < 4.78 is 5.50. The minimum atomic E-state index is -0.240. The number of nitrogens with zero attached hydrogens (tertiary/aromatic N) is 1. The van der Waals surface area contributed by atoms with Crippen molar-refractivity contribution in [2.24, 2.45) is 0 Å². The first-order valence-corrected chi connectivity index (χ1v) is 7.67. The molecular formula is C15H31NO2. The summed E-state index contributed by atoms with van der Waals surface area (Å²) >= 11 is 0. The molecule has 1 saturated heterocycles. The molecule has 1 fully saturated rings. The van der Waals surface area contributed by atoms with Gasteiger partial charge >= 0.3 is 0 Å². The molecule has 1 aliphatic heterocycles. The third kappa shape index (κ3) is 6.17. The van der Waals surface area contributed by atoms with Crippen LogP contribution in [0.2, 0.25) is 0 Å². The lowest BCUT2D eigenvalue weighted by atomic mass is 10.1. The van der Waals surface area contributed by atoms with Gasteiger partial charge in [-0.05, 0) is 46.1 Å². The van der Waals surface area contributed by atoms with E-state index in [0.29, 0.717) is 12.6 Å². The minimum absolute atomic E-state index is 0.240. The summed E-state index contributed by atoms with van der Waals surface area (Å²) in [6, 6.07) is 0.674. The van der Waals surface area contributed by atoms with Crippen molar-refractivity contribution < 1.29 is 9.84 Å². The first-order chi connectivity index (χ1) is 8.63. The first kappa shape index (κ1) is 15.9. The van der Waals surface area contributed by atoms with E-state index >= 15 is 0 Å². The molecule has 1 rings (SSSR count). The zero-order valence-electron chi connectivity index (χ0n) is 12.4. The Morgan fingerprint density at radius 3 is 2.72 bits per heavy atom. The van der Waals surface area contributed by atoms with Gasteiger partial charge in [-0.25, -0.2) is 0 Å². The molecule has 1 aliphatic rings. The summed E-state index contributed by atoms with van der Waals surface area (Å²) in [5.41, 5.74) is 0. The molecule has 108 valence electrons. The lowest BCUT2D eigenvalue weighted by Crippen LogP contribution is -2.40. The largest absolute Gasteiger partial charge is 0.392 e. The maximum atomic E-state index is 10.1. The topological polar surface area (TPSA) is 32.7 Å². The van der Waals surface area contributed by atoms with Crippen molar-refractivity contribution in [3.8, 4) is 0 Å². The van der Waals surface area contributed by atoms with Crippen LogP contribution in [0.4, 0.5) is 0 Å². The van der Waals surface area contributed by atoms with Crippen molar-refractivity contribution in [3.05, 3.63) is 0 Å². The molecule has 18 heavy (non-hydrogen) atoms. The van der Waals surface area contributed by atoms with Crippen molar-refractivity contribution in [2.75, 3.05) is 19.7 Å². The zero-order chi connectivity index (χ0) is 13.4. The normalized spacial score (nSPS) is 24.2. The molecule has 0 amide bonds. The highest BCUT2D eigenvalue weighted by Gasteiger charge is 2.21. The molecular weight excluding hydrogens is 226 g/mol. The minimum Gasteiger partial charge on any atom is -0.392 e. The molecule has 3 nitrogen and oxygen atoms in total. The number of aliphatic hydroxyl groups excluding tert-OH is 1. The molecule has 1 heterocycles. The predicted octanol–water partition coefficient (Wildman–Crippen LogP) is 2.82. The highest BCUT2D eigenvalue weighted by Crippen LogP contribution is 2.19. The van der Waals surface area contributed by atoms with Crippen LogP contribution in [0.15, 0.2) is 0 Å². The fraction of sp³-hybridized carbons (Fsp3) is 1.00. The Labute approximate surface area is 113 Å². The van der Waals surface area contributed by atoms with Gasteiger partial charge in [0, 0.05) is 19.2 Å². The van der Waals surface area contributed by atoms with Crippen molar-refractivity contribution in [1.82, 2.24) is 4.90 Å². The molecule has 0 bridgehead atoms. The van der Waals surface area contributed by atoms with Gasteiger partial charge < -0.3 is 9.84 Å². The molecule has 0 radical (unpaired) electrons. The van der Waals surface area contributed by atoms with Crippen molar-refractivity contribution >= 4 is 0 Å². The number of hydrogen-bond acceptors (Lipinski definition) is 3. The summed E-state index contributed by atoms with van der Waals surface area (Å²) in [6.07, 6.45) is 7.26. The Balaban J connectivity index is 2.28. The Hall–Kier alpha value is -0.120. The lowest BCUT2D eigenvalue weighted by molar-refractivity contribution is 0.0279. The number of β-amino-alcohol motifs (C(OH)–C–C–N with tert-alkyl or cyclic N) is 1. The van der Waals surface area contributed by atoms with E-state index in [1.54, 1.807) is 0 Å². The van der Waals surface area contributed by atoms with Gasteiger partial charge in [0.25, 0.3) is 0 Å². The maximum Gasteiger partial charge on any atom is 0.0689 e.